The number of nitrogens with one attached hydrogen (secondary N) is 1. The lowest BCUT2D eigenvalue weighted by atomic mass is 10.3. The van der Waals surface area contributed by atoms with Crippen LogP contribution in [0.2, 0.25) is 0 Å². The number of ether oxygens (including phenoxy) is 1. The molecule has 0 saturated heterocycles. The number of hydrogen-bond donors (Lipinski definition) is 2. The number of likely N-dealkylation sites (N-methyl/N-ethyl adjacent to an activating group) is 1. The van der Waals surface area contributed by atoms with Crippen LogP contribution in [0.25, 0.3) is 0 Å². The third kappa shape index (κ3) is 3.03. The fourth-order valence-electron chi connectivity index (χ4n) is 1.23. The summed E-state index contributed by atoms with van der Waals surface area (Å²) in [6.45, 7) is 0.601. The van der Waals surface area contributed by atoms with Gasteiger partial charge >= 0.3 is 0 Å². The standard InChI is InChI=1S/C9H16N4O2/c1-13(6-8-11-3-4-12-8)9(14)7(5-10)15-2/h3-4,7H,5-6,10H2,1-2H3,(H,11,12). The minimum atomic E-state index is -0.579. The maximum absolute atomic E-state index is 11.7. The molecule has 0 aliphatic heterocycles. The Bertz CT molecular complexity index is 295. The van der Waals surface area contributed by atoms with Gasteiger partial charge in [0.1, 0.15) is 11.9 Å². The monoisotopic (exact) mass is 212 g/mol. The Balaban J connectivity index is 2.53. The van der Waals surface area contributed by atoms with Crippen LogP contribution in [-0.4, -0.2) is 47.6 Å². The molecular weight excluding hydrogens is 196 g/mol. The number of aromatic amines is 1. The van der Waals surface area contributed by atoms with E-state index in [1.807, 2.05) is 0 Å². The SMILES string of the molecule is COC(CN)C(=O)N(C)Cc1ncc[nH]1. The van der Waals surface area contributed by atoms with E-state index in [4.69, 9.17) is 10.5 Å². The summed E-state index contributed by atoms with van der Waals surface area (Å²) in [5, 5.41) is 0. The second kappa shape index (κ2) is 5.47. The maximum atomic E-state index is 11.7. The minimum absolute atomic E-state index is 0.142. The molecule has 1 aromatic heterocycles. The van der Waals surface area contributed by atoms with Gasteiger partial charge in [0.15, 0.2) is 0 Å². The molecule has 15 heavy (non-hydrogen) atoms. The highest BCUT2D eigenvalue weighted by molar-refractivity contribution is 5.80. The first-order chi connectivity index (χ1) is 7.19. The van der Waals surface area contributed by atoms with Crippen molar-refractivity contribution in [1.29, 1.82) is 0 Å². The number of nitrogens with two attached hydrogens (primary N) is 1. The Labute approximate surface area is 88.4 Å². The lowest BCUT2D eigenvalue weighted by molar-refractivity contribution is -0.140. The van der Waals surface area contributed by atoms with Gasteiger partial charge in [-0.1, -0.05) is 0 Å². The predicted octanol–water partition coefficient (Wildman–Crippen LogP) is -0.658. The number of carbonyl (C=O) groups excluding carboxylic acids is 1. The summed E-state index contributed by atoms with van der Waals surface area (Å²) < 4.78 is 4.95. The number of amides is 1. The van der Waals surface area contributed by atoms with E-state index in [1.165, 1.54) is 12.0 Å². The van der Waals surface area contributed by atoms with Crippen LogP contribution in [0.1, 0.15) is 5.82 Å². The smallest absolute Gasteiger partial charge is 0.253 e. The molecule has 0 spiro atoms. The predicted molar refractivity (Wildman–Crippen MR) is 54.9 cm³/mol. The van der Waals surface area contributed by atoms with Crippen LogP contribution < -0.4 is 5.73 Å². The zero-order valence-electron chi connectivity index (χ0n) is 8.93. The quantitative estimate of drug-likeness (QED) is 0.678. The second-order valence-corrected chi connectivity index (χ2v) is 3.19. The van der Waals surface area contributed by atoms with Crippen molar-refractivity contribution >= 4 is 5.91 Å². The van der Waals surface area contributed by atoms with Crippen LogP contribution in [-0.2, 0) is 16.1 Å². The number of hydrogen-bond acceptors (Lipinski definition) is 4. The fourth-order valence-corrected chi connectivity index (χ4v) is 1.23. The van der Waals surface area contributed by atoms with Gasteiger partial charge in [-0.3, -0.25) is 4.79 Å². The average Bonchev–Trinajstić information content (AvgIpc) is 2.72. The van der Waals surface area contributed by atoms with Crippen LogP contribution in [0.15, 0.2) is 12.4 Å². The van der Waals surface area contributed by atoms with E-state index >= 15 is 0 Å². The van der Waals surface area contributed by atoms with Crippen LogP contribution in [0.5, 0.6) is 0 Å². The van der Waals surface area contributed by atoms with Gasteiger partial charge in [0.25, 0.3) is 5.91 Å². The van der Waals surface area contributed by atoms with Gasteiger partial charge in [-0.2, -0.15) is 0 Å². The zero-order chi connectivity index (χ0) is 11.3. The first-order valence-corrected chi connectivity index (χ1v) is 4.65. The van der Waals surface area contributed by atoms with Crippen LogP contribution in [0.3, 0.4) is 0 Å². The van der Waals surface area contributed by atoms with Crippen molar-refractivity contribution in [3.05, 3.63) is 18.2 Å². The number of carbonyl (C=O) groups is 1. The highest BCUT2D eigenvalue weighted by Gasteiger charge is 2.20. The first-order valence-electron chi connectivity index (χ1n) is 4.65. The van der Waals surface area contributed by atoms with Gasteiger partial charge in [-0.15, -0.1) is 0 Å². The normalized spacial score (nSPS) is 12.5. The van der Waals surface area contributed by atoms with E-state index < -0.39 is 6.10 Å². The summed E-state index contributed by atoms with van der Waals surface area (Å²) in [6.07, 6.45) is 2.78. The number of H-pyrrole nitrogens is 1. The third-order valence-corrected chi connectivity index (χ3v) is 2.09. The maximum Gasteiger partial charge on any atom is 0.253 e. The highest BCUT2D eigenvalue weighted by Crippen LogP contribution is 2.00. The van der Waals surface area contributed by atoms with Gasteiger partial charge in [0, 0.05) is 33.1 Å². The van der Waals surface area contributed by atoms with E-state index in [2.05, 4.69) is 9.97 Å². The molecule has 3 N–H and O–H groups in total. The molecule has 0 aromatic carbocycles. The molecule has 1 rings (SSSR count). The lowest BCUT2D eigenvalue weighted by Crippen LogP contribution is -2.41. The molecule has 6 heteroatoms. The molecule has 6 nitrogen and oxygen atoms in total. The van der Waals surface area contributed by atoms with E-state index in [0.29, 0.717) is 6.54 Å². The van der Waals surface area contributed by atoms with E-state index in [9.17, 15) is 4.79 Å². The minimum Gasteiger partial charge on any atom is -0.370 e. The molecule has 1 aromatic rings. The van der Waals surface area contributed by atoms with Crippen molar-refractivity contribution < 1.29 is 9.53 Å². The number of rotatable bonds is 5. The molecule has 0 radical (unpaired) electrons. The van der Waals surface area contributed by atoms with E-state index in [0.717, 1.165) is 5.82 Å². The molecule has 1 amide bonds. The molecule has 1 heterocycles. The van der Waals surface area contributed by atoms with E-state index in [1.54, 1.807) is 19.4 Å². The van der Waals surface area contributed by atoms with Crippen molar-refractivity contribution in [2.24, 2.45) is 5.73 Å². The molecule has 0 fully saturated rings. The molecule has 0 bridgehead atoms. The Morgan fingerprint density at radius 3 is 3.00 bits per heavy atom. The largest absolute Gasteiger partial charge is 0.370 e. The number of methoxy groups -OCH3 is 1. The molecule has 1 atom stereocenters. The highest BCUT2D eigenvalue weighted by atomic mass is 16.5. The second-order valence-electron chi connectivity index (χ2n) is 3.19. The zero-order valence-corrected chi connectivity index (χ0v) is 8.93. The summed E-state index contributed by atoms with van der Waals surface area (Å²) in [7, 11) is 3.16. The number of imidazole rings is 1. The fraction of sp³-hybridized carbons (Fsp3) is 0.556. The van der Waals surface area contributed by atoms with Gasteiger partial charge < -0.3 is 20.4 Å². The van der Waals surface area contributed by atoms with Crippen LogP contribution in [0.4, 0.5) is 0 Å². The van der Waals surface area contributed by atoms with Crippen molar-refractivity contribution in [1.82, 2.24) is 14.9 Å². The van der Waals surface area contributed by atoms with Crippen molar-refractivity contribution in [2.45, 2.75) is 12.6 Å². The van der Waals surface area contributed by atoms with E-state index in [-0.39, 0.29) is 12.5 Å². The Kier molecular flexibility index (Phi) is 4.26. The molecule has 0 aliphatic carbocycles. The number of nitrogens with zero attached hydrogens (tertiary/aromatic N) is 2. The summed E-state index contributed by atoms with van der Waals surface area (Å²) in [5.74, 6) is 0.592. The molecule has 0 aliphatic rings. The van der Waals surface area contributed by atoms with Gasteiger partial charge in [-0.05, 0) is 0 Å². The third-order valence-electron chi connectivity index (χ3n) is 2.09. The van der Waals surface area contributed by atoms with Crippen molar-refractivity contribution in [2.75, 3.05) is 20.7 Å². The average molecular weight is 212 g/mol. The summed E-state index contributed by atoms with van der Waals surface area (Å²) in [4.78, 5) is 20.2. The van der Waals surface area contributed by atoms with Gasteiger partial charge in [0.2, 0.25) is 0 Å². The van der Waals surface area contributed by atoms with Gasteiger partial charge in [0.05, 0.1) is 6.54 Å². The topological polar surface area (TPSA) is 84.2 Å². The van der Waals surface area contributed by atoms with Crippen LogP contribution >= 0.6 is 0 Å². The lowest BCUT2D eigenvalue weighted by Gasteiger charge is -2.20. The Hall–Kier alpha value is -1.40. The van der Waals surface area contributed by atoms with Crippen molar-refractivity contribution in [3.63, 3.8) is 0 Å². The Morgan fingerprint density at radius 2 is 2.53 bits per heavy atom. The molecule has 84 valence electrons. The summed E-state index contributed by atoms with van der Waals surface area (Å²) >= 11 is 0. The molecule has 1 unspecified atom stereocenters. The Morgan fingerprint density at radius 1 is 1.80 bits per heavy atom. The molecular formula is C9H16N4O2. The van der Waals surface area contributed by atoms with Crippen LogP contribution in [0, 0.1) is 0 Å². The summed E-state index contributed by atoms with van der Waals surface area (Å²) in [6, 6.07) is 0. The summed E-state index contributed by atoms with van der Waals surface area (Å²) in [5.41, 5.74) is 5.40. The first kappa shape index (κ1) is 11.7. The molecule has 0 saturated carbocycles. The van der Waals surface area contributed by atoms with Gasteiger partial charge in [-0.25, -0.2) is 4.98 Å². The number of aromatic nitrogens is 2. The van der Waals surface area contributed by atoms with Crippen molar-refractivity contribution in [3.8, 4) is 0 Å².